The zero-order chi connectivity index (χ0) is 18.4. The highest BCUT2D eigenvalue weighted by Crippen LogP contribution is 2.42. The largest absolute Gasteiger partial charge is 0.426 e. The summed E-state index contributed by atoms with van der Waals surface area (Å²) in [4.78, 5) is 12.4. The molecule has 142 valence electrons. The maximum atomic E-state index is 12.9. The summed E-state index contributed by atoms with van der Waals surface area (Å²) in [6.45, 7) is 3.83. The molecule has 0 N–H and O–H groups in total. The van der Waals surface area contributed by atoms with Gasteiger partial charge in [0.15, 0.2) is 0 Å². The predicted octanol–water partition coefficient (Wildman–Crippen LogP) is 6.31. The number of rotatable bonds is 6. The van der Waals surface area contributed by atoms with E-state index in [9.17, 15) is 9.18 Å². The molecule has 0 aromatic heterocycles. The molecule has 26 heavy (non-hydrogen) atoms. The first-order chi connectivity index (χ1) is 12.7. The Hall–Kier alpha value is -1.64. The molecule has 2 saturated carbocycles. The highest BCUT2D eigenvalue weighted by molar-refractivity contribution is 5.75. The van der Waals surface area contributed by atoms with Gasteiger partial charge in [-0.05, 0) is 93.4 Å². The monoisotopic (exact) mass is 358 g/mol. The number of allylic oxidation sites excluding steroid dienone is 1. The number of hydrogen-bond donors (Lipinski definition) is 0. The Morgan fingerprint density at radius 3 is 2.15 bits per heavy atom. The first kappa shape index (κ1) is 19.1. The van der Waals surface area contributed by atoms with Gasteiger partial charge in [0.05, 0.1) is 5.92 Å². The molecule has 0 atom stereocenters. The van der Waals surface area contributed by atoms with Crippen molar-refractivity contribution in [3.8, 4) is 5.75 Å². The smallest absolute Gasteiger partial charge is 0.314 e. The molecule has 0 heterocycles. The Labute approximate surface area is 156 Å². The van der Waals surface area contributed by atoms with Gasteiger partial charge in [0, 0.05) is 0 Å². The normalized spacial score (nSPS) is 29.1. The van der Waals surface area contributed by atoms with E-state index in [1.54, 1.807) is 0 Å². The van der Waals surface area contributed by atoms with Crippen molar-refractivity contribution in [1.29, 1.82) is 0 Å². The van der Waals surface area contributed by atoms with Crippen LogP contribution < -0.4 is 4.74 Å². The van der Waals surface area contributed by atoms with Crippen molar-refractivity contribution < 1.29 is 13.9 Å². The van der Waals surface area contributed by atoms with Crippen molar-refractivity contribution in [2.75, 3.05) is 0 Å². The molecule has 0 radical (unpaired) electrons. The fraction of sp³-hybridized carbons (Fsp3) is 0.609. The lowest BCUT2D eigenvalue weighted by atomic mass is 9.69. The molecule has 2 fully saturated rings. The maximum absolute atomic E-state index is 12.9. The van der Waals surface area contributed by atoms with Gasteiger partial charge in [0.25, 0.3) is 0 Å². The summed E-state index contributed by atoms with van der Waals surface area (Å²) in [5.41, 5.74) is 0. The second-order valence-corrected chi connectivity index (χ2v) is 8.13. The van der Waals surface area contributed by atoms with Gasteiger partial charge >= 0.3 is 5.97 Å². The summed E-state index contributed by atoms with van der Waals surface area (Å²) in [7, 11) is 0. The second-order valence-electron chi connectivity index (χ2n) is 8.13. The predicted molar refractivity (Wildman–Crippen MR) is 102 cm³/mol. The van der Waals surface area contributed by atoms with Crippen molar-refractivity contribution in [2.24, 2.45) is 23.7 Å². The van der Waals surface area contributed by atoms with Crippen LogP contribution in [0.25, 0.3) is 0 Å². The summed E-state index contributed by atoms with van der Waals surface area (Å²) in [5.74, 6) is 2.50. The Bertz CT molecular complexity index is 579. The highest BCUT2D eigenvalue weighted by atomic mass is 19.1. The van der Waals surface area contributed by atoms with Gasteiger partial charge in [-0.15, -0.1) is 6.58 Å². The van der Waals surface area contributed by atoms with Crippen molar-refractivity contribution >= 4 is 5.97 Å². The Morgan fingerprint density at radius 2 is 1.58 bits per heavy atom. The fourth-order valence-corrected chi connectivity index (χ4v) is 4.83. The van der Waals surface area contributed by atoms with Gasteiger partial charge in [0.2, 0.25) is 0 Å². The Balaban J connectivity index is 1.40. The van der Waals surface area contributed by atoms with Gasteiger partial charge < -0.3 is 4.74 Å². The van der Waals surface area contributed by atoms with Crippen LogP contribution in [-0.4, -0.2) is 5.97 Å². The number of ether oxygens (including phenoxy) is 1. The molecule has 3 rings (SSSR count). The molecule has 2 aliphatic rings. The standard InChI is InChI=1S/C23H31FO2/c1-2-3-4-17-5-7-18(8-6-17)19-9-11-20(12-10-19)23(25)26-22-15-13-21(24)14-16-22/h2,13-20H,1,3-12H2/t17-,18-,19?,20?. The van der Waals surface area contributed by atoms with E-state index in [1.165, 1.54) is 56.4 Å². The number of carbonyl (C=O) groups is 1. The van der Waals surface area contributed by atoms with E-state index in [4.69, 9.17) is 4.74 Å². The van der Waals surface area contributed by atoms with E-state index >= 15 is 0 Å². The lowest BCUT2D eigenvalue weighted by Crippen LogP contribution is -2.30. The van der Waals surface area contributed by atoms with Crippen LogP contribution in [0.15, 0.2) is 36.9 Å². The molecule has 2 aliphatic carbocycles. The van der Waals surface area contributed by atoms with Crippen LogP contribution in [0.3, 0.4) is 0 Å². The molecular weight excluding hydrogens is 327 g/mol. The Kier molecular flexibility index (Phi) is 6.87. The van der Waals surface area contributed by atoms with E-state index in [0.29, 0.717) is 5.75 Å². The van der Waals surface area contributed by atoms with E-state index in [2.05, 4.69) is 6.58 Å². The van der Waals surface area contributed by atoms with Crippen LogP contribution in [-0.2, 0) is 4.79 Å². The minimum atomic E-state index is -0.315. The third-order valence-corrected chi connectivity index (χ3v) is 6.47. The second kappa shape index (κ2) is 9.34. The van der Waals surface area contributed by atoms with Gasteiger partial charge in [-0.1, -0.05) is 18.9 Å². The van der Waals surface area contributed by atoms with Crippen molar-refractivity contribution in [3.05, 3.63) is 42.7 Å². The number of halogens is 1. The summed E-state index contributed by atoms with van der Waals surface area (Å²) < 4.78 is 18.4. The van der Waals surface area contributed by atoms with Gasteiger partial charge in [-0.25, -0.2) is 4.39 Å². The number of carbonyl (C=O) groups excluding carboxylic acids is 1. The van der Waals surface area contributed by atoms with Crippen LogP contribution in [0.4, 0.5) is 4.39 Å². The fourth-order valence-electron chi connectivity index (χ4n) is 4.83. The molecular formula is C23H31FO2. The van der Waals surface area contributed by atoms with E-state index in [-0.39, 0.29) is 17.7 Å². The zero-order valence-electron chi connectivity index (χ0n) is 15.7. The van der Waals surface area contributed by atoms with Gasteiger partial charge in [-0.3, -0.25) is 4.79 Å². The van der Waals surface area contributed by atoms with E-state index < -0.39 is 0 Å². The molecule has 3 heteroatoms. The topological polar surface area (TPSA) is 26.3 Å². The van der Waals surface area contributed by atoms with Crippen LogP contribution in [0.2, 0.25) is 0 Å². The molecule has 0 unspecified atom stereocenters. The van der Waals surface area contributed by atoms with Crippen LogP contribution in [0.1, 0.15) is 64.2 Å². The van der Waals surface area contributed by atoms with Crippen molar-refractivity contribution in [1.82, 2.24) is 0 Å². The first-order valence-corrected chi connectivity index (χ1v) is 10.2. The van der Waals surface area contributed by atoms with Crippen LogP contribution in [0, 0.1) is 29.5 Å². The molecule has 2 nitrogen and oxygen atoms in total. The molecule has 0 amide bonds. The van der Waals surface area contributed by atoms with E-state index in [0.717, 1.165) is 49.9 Å². The summed E-state index contributed by atoms with van der Waals surface area (Å²) in [6, 6.07) is 5.68. The highest BCUT2D eigenvalue weighted by Gasteiger charge is 2.33. The van der Waals surface area contributed by atoms with Crippen molar-refractivity contribution in [2.45, 2.75) is 64.2 Å². The zero-order valence-corrected chi connectivity index (χ0v) is 15.7. The summed E-state index contributed by atoms with van der Waals surface area (Å²) in [6.07, 6.45) is 14.1. The molecule has 1 aromatic carbocycles. The molecule has 1 aromatic rings. The number of esters is 1. The molecule has 0 saturated heterocycles. The lowest BCUT2D eigenvalue weighted by Gasteiger charge is -2.37. The molecule has 0 spiro atoms. The van der Waals surface area contributed by atoms with Gasteiger partial charge in [0.1, 0.15) is 11.6 Å². The average molecular weight is 358 g/mol. The summed E-state index contributed by atoms with van der Waals surface area (Å²) in [5, 5.41) is 0. The molecule has 0 bridgehead atoms. The number of hydrogen-bond acceptors (Lipinski definition) is 2. The minimum absolute atomic E-state index is 0.000216. The maximum Gasteiger partial charge on any atom is 0.314 e. The quantitative estimate of drug-likeness (QED) is 0.338. The SMILES string of the molecule is C=CCC[C@H]1CC[C@H](C2CCC(C(=O)Oc3ccc(F)cc3)CC2)CC1. The molecule has 0 aliphatic heterocycles. The van der Waals surface area contributed by atoms with Crippen LogP contribution >= 0.6 is 0 Å². The average Bonchev–Trinajstić information content (AvgIpc) is 2.68. The van der Waals surface area contributed by atoms with Crippen molar-refractivity contribution in [3.63, 3.8) is 0 Å². The lowest BCUT2D eigenvalue weighted by molar-refractivity contribution is -0.140. The third-order valence-electron chi connectivity index (χ3n) is 6.47. The van der Waals surface area contributed by atoms with Crippen LogP contribution in [0.5, 0.6) is 5.75 Å². The Morgan fingerprint density at radius 1 is 1.00 bits per heavy atom. The summed E-state index contributed by atoms with van der Waals surface area (Å²) >= 11 is 0. The van der Waals surface area contributed by atoms with Gasteiger partial charge in [-0.2, -0.15) is 0 Å². The first-order valence-electron chi connectivity index (χ1n) is 10.2. The minimum Gasteiger partial charge on any atom is -0.426 e. The number of benzene rings is 1. The third kappa shape index (κ3) is 5.18. The van der Waals surface area contributed by atoms with E-state index in [1.807, 2.05) is 6.08 Å².